The van der Waals surface area contributed by atoms with Crippen molar-refractivity contribution < 1.29 is 0 Å². The minimum atomic E-state index is 0.731. The number of fused-ring (bicyclic) bond motifs is 1. The minimum Gasteiger partial charge on any atom is -0.308 e. The fraction of sp³-hybridized carbons (Fsp3) is 0.118. The first kappa shape index (κ1) is 14.5. The lowest BCUT2D eigenvalue weighted by Gasteiger charge is -2.09. The van der Waals surface area contributed by atoms with Crippen molar-refractivity contribution in [3.05, 3.63) is 75.4 Å². The van der Waals surface area contributed by atoms with Gasteiger partial charge in [0.1, 0.15) is 0 Å². The molecule has 2 nitrogen and oxygen atoms in total. The van der Waals surface area contributed by atoms with Gasteiger partial charge in [-0.05, 0) is 29.3 Å². The van der Waals surface area contributed by atoms with Gasteiger partial charge in [0.25, 0.3) is 0 Å². The standard InChI is InChI=1S/C17H14BrClN2/c18-15-7-6-13(16(19)9-15)10-20-11-14-4-1-3-12-5-2-8-21-17(12)14/h1-9,20H,10-11H2. The largest absolute Gasteiger partial charge is 0.308 e. The molecule has 106 valence electrons. The second-order valence-corrected chi connectivity index (χ2v) is 6.15. The third kappa shape index (κ3) is 3.43. The normalized spacial score (nSPS) is 11.0. The summed E-state index contributed by atoms with van der Waals surface area (Å²) in [7, 11) is 0. The van der Waals surface area contributed by atoms with Crippen LogP contribution in [0, 0.1) is 0 Å². The Morgan fingerprint density at radius 3 is 2.67 bits per heavy atom. The molecule has 0 radical (unpaired) electrons. The topological polar surface area (TPSA) is 24.9 Å². The molecule has 0 aliphatic carbocycles. The molecule has 4 heteroatoms. The van der Waals surface area contributed by atoms with E-state index in [2.05, 4.69) is 50.5 Å². The molecule has 0 spiro atoms. The predicted molar refractivity (Wildman–Crippen MR) is 91.4 cm³/mol. The lowest BCUT2D eigenvalue weighted by Crippen LogP contribution is -2.13. The molecule has 3 rings (SSSR count). The fourth-order valence-electron chi connectivity index (χ4n) is 2.31. The molecular formula is C17H14BrClN2. The second-order valence-electron chi connectivity index (χ2n) is 4.83. The molecule has 1 N–H and O–H groups in total. The van der Waals surface area contributed by atoms with Crippen LogP contribution in [0.25, 0.3) is 10.9 Å². The van der Waals surface area contributed by atoms with Gasteiger partial charge >= 0.3 is 0 Å². The van der Waals surface area contributed by atoms with Crippen LogP contribution in [0.4, 0.5) is 0 Å². The Hall–Kier alpha value is -1.42. The van der Waals surface area contributed by atoms with Crippen molar-refractivity contribution in [2.75, 3.05) is 0 Å². The minimum absolute atomic E-state index is 0.731. The number of halogens is 2. The first-order valence-electron chi connectivity index (χ1n) is 6.71. The zero-order chi connectivity index (χ0) is 14.7. The first-order valence-corrected chi connectivity index (χ1v) is 7.88. The van der Waals surface area contributed by atoms with E-state index in [1.165, 1.54) is 10.9 Å². The SMILES string of the molecule is Clc1cc(Br)ccc1CNCc1cccc2cccnc12. The summed E-state index contributed by atoms with van der Waals surface area (Å²) in [6, 6.07) is 16.2. The predicted octanol–water partition coefficient (Wildman–Crippen LogP) is 4.94. The van der Waals surface area contributed by atoms with E-state index in [9.17, 15) is 0 Å². The summed E-state index contributed by atoms with van der Waals surface area (Å²) < 4.78 is 0.995. The number of para-hydroxylation sites is 1. The van der Waals surface area contributed by atoms with Crippen LogP contribution in [0.5, 0.6) is 0 Å². The molecule has 0 atom stereocenters. The van der Waals surface area contributed by atoms with E-state index in [4.69, 9.17) is 11.6 Å². The van der Waals surface area contributed by atoms with Crippen LogP contribution in [-0.4, -0.2) is 4.98 Å². The van der Waals surface area contributed by atoms with Crippen LogP contribution in [-0.2, 0) is 13.1 Å². The highest BCUT2D eigenvalue weighted by Crippen LogP contribution is 2.21. The Balaban J connectivity index is 1.72. The monoisotopic (exact) mass is 360 g/mol. The van der Waals surface area contributed by atoms with E-state index in [0.717, 1.165) is 33.7 Å². The van der Waals surface area contributed by atoms with Gasteiger partial charge in [-0.25, -0.2) is 0 Å². The highest BCUT2D eigenvalue weighted by Gasteiger charge is 2.03. The summed E-state index contributed by atoms with van der Waals surface area (Å²) in [4.78, 5) is 4.46. The zero-order valence-corrected chi connectivity index (χ0v) is 13.7. The molecule has 0 unspecified atom stereocenters. The maximum atomic E-state index is 6.22. The number of benzene rings is 2. The Bertz CT molecular complexity index is 768. The highest BCUT2D eigenvalue weighted by molar-refractivity contribution is 9.10. The molecule has 1 heterocycles. The van der Waals surface area contributed by atoms with Crippen molar-refractivity contribution in [2.45, 2.75) is 13.1 Å². The van der Waals surface area contributed by atoms with Crippen LogP contribution < -0.4 is 5.32 Å². The molecule has 0 fully saturated rings. The smallest absolute Gasteiger partial charge is 0.0746 e. The fourth-order valence-corrected chi connectivity index (χ4v) is 3.05. The molecule has 21 heavy (non-hydrogen) atoms. The number of nitrogens with one attached hydrogen (secondary N) is 1. The lowest BCUT2D eigenvalue weighted by atomic mass is 10.1. The van der Waals surface area contributed by atoms with Crippen molar-refractivity contribution in [3.63, 3.8) is 0 Å². The Kier molecular flexibility index (Phi) is 4.54. The Morgan fingerprint density at radius 1 is 1.00 bits per heavy atom. The first-order chi connectivity index (χ1) is 10.2. The van der Waals surface area contributed by atoms with Gasteiger partial charge in [-0.3, -0.25) is 4.98 Å². The average Bonchev–Trinajstić information content (AvgIpc) is 2.50. The maximum Gasteiger partial charge on any atom is 0.0746 e. The van der Waals surface area contributed by atoms with Crippen molar-refractivity contribution in [3.8, 4) is 0 Å². The number of nitrogens with zero attached hydrogens (tertiary/aromatic N) is 1. The highest BCUT2D eigenvalue weighted by atomic mass is 79.9. The molecule has 0 saturated carbocycles. The number of pyridine rings is 1. The summed E-state index contributed by atoms with van der Waals surface area (Å²) >= 11 is 9.64. The molecule has 0 amide bonds. The molecule has 0 bridgehead atoms. The number of rotatable bonds is 4. The zero-order valence-electron chi connectivity index (χ0n) is 11.3. The molecule has 0 aliphatic rings. The summed E-state index contributed by atoms with van der Waals surface area (Å²) in [5, 5.41) is 5.37. The third-order valence-electron chi connectivity index (χ3n) is 3.36. The summed E-state index contributed by atoms with van der Waals surface area (Å²) in [5.74, 6) is 0. The Morgan fingerprint density at radius 2 is 1.81 bits per heavy atom. The van der Waals surface area contributed by atoms with Gasteiger partial charge < -0.3 is 5.32 Å². The molecule has 0 saturated heterocycles. The van der Waals surface area contributed by atoms with E-state index in [-0.39, 0.29) is 0 Å². The van der Waals surface area contributed by atoms with Gasteiger partial charge in [0.05, 0.1) is 5.52 Å². The van der Waals surface area contributed by atoms with E-state index in [1.54, 1.807) is 0 Å². The van der Waals surface area contributed by atoms with E-state index < -0.39 is 0 Å². The van der Waals surface area contributed by atoms with Gasteiger partial charge in [-0.1, -0.05) is 57.9 Å². The van der Waals surface area contributed by atoms with Crippen LogP contribution in [0.15, 0.2) is 59.2 Å². The summed E-state index contributed by atoms with van der Waals surface area (Å²) in [5.41, 5.74) is 3.34. The van der Waals surface area contributed by atoms with Crippen LogP contribution in [0.1, 0.15) is 11.1 Å². The van der Waals surface area contributed by atoms with E-state index in [1.807, 2.05) is 30.5 Å². The quantitative estimate of drug-likeness (QED) is 0.712. The van der Waals surface area contributed by atoms with Crippen LogP contribution in [0.2, 0.25) is 5.02 Å². The van der Waals surface area contributed by atoms with E-state index in [0.29, 0.717) is 0 Å². The average molecular weight is 362 g/mol. The molecular weight excluding hydrogens is 348 g/mol. The van der Waals surface area contributed by atoms with Crippen molar-refractivity contribution >= 4 is 38.4 Å². The summed E-state index contributed by atoms with van der Waals surface area (Å²) in [6.45, 7) is 1.50. The number of hydrogen-bond acceptors (Lipinski definition) is 2. The molecule has 3 aromatic rings. The van der Waals surface area contributed by atoms with Crippen LogP contribution >= 0.6 is 27.5 Å². The van der Waals surface area contributed by atoms with Crippen molar-refractivity contribution in [2.24, 2.45) is 0 Å². The van der Waals surface area contributed by atoms with Crippen LogP contribution in [0.3, 0.4) is 0 Å². The van der Waals surface area contributed by atoms with Crippen molar-refractivity contribution in [1.82, 2.24) is 10.3 Å². The molecule has 0 aliphatic heterocycles. The van der Waals surface area contributed by atoms with Crippen molar-refractivity contribution in [1.29, 1.82) is 0 Å². The van der Waals surface area contributed by atoms with Gasteiger partial charge in [0, 0.05) is 34.2 Å². The Labute approximate surface area is 137 Å². The molecule has 1 aromatic heterocycles. The van der Waals surface area contributed by atoms with Gasteiger partial charge in [-0.2, -0.15) is 0 Å². The second kappa shape index (κ2) is 6.56. The van der Waals surface area contributed by atoms with E-state index >= 15 is 0 Å². The van der Waals surface area contributed by atoms with Gasteiger partial charge in [0.15, 0.2) is 0 Å². The third-order valence-corrected chi connectivity index (χ3v) is 4.21. The molecule has 2 aromatic carbocycles. The number of aromatic nitrogens is 1. The lowest BCUT2D eigenvalue weighted by molar-refractivity contribution is 0.696. The maximum absolute atomic E-state index is 6.22. The number of hydrogen-bond donors (Lipinski definition) is 1. The van der Waals surface area contributed by atoms with Gasteiger partial charge in [0.2, 0.25) is 0 Å². The summed E-state index contributed by atoms with van der Waals surface area (Å²) in [6.07, 6.45) is 1.83. The van der Waals surface area contributed by atoms with Gasteiger partial charge in [-0.15, -0.1) is 0 Å².